The molecule has 7 heteroatoms. The number of alkyl carbamates (subject to hydrolysis) is 1. The lowest BCUT2D eigenvalue weighted by molar-refractivity contribution is -0.155. The highest BCUT2D eigenvalue weighted by Crippen LogP contribution is 2.24. The van der Waals surface area contributed by atoms with E-state index in [4.69, 9.17) is 19.9 Å². The van der Waals surface area contributed by atoms with E-state index in [0.717, 1.165) is 5.56 Å². The molecule has 158 valence electrons. The highest BCUT2D eigenvalue weighted by atomic mass is 16.6. The largest absolute Gasteiger partial charge is 0.494 e. The number of benzene rings is 1. The van der Waals surface area contributed by atoms with E-state index in [9.17, 15) is 9.59 Å². The van der Waals surface area contributed by atoms with Crippen LogP contribution >= 0.6 is 0 Å². The molecule has 0 bridgehead atoms. The number of rotatable bonds is 7. The molecular weight excluding hydrogens is 360 g/mol. The van der Waals surface area contributed by atoms with Crippen molar-refractivity contribution >= 4 is 17.7 Å². The number of nitrogens with one attached hydrogen (secondary N) is 1. The fraction of sp³-hybridized carbons (Fsp3) is 0.619. The lowest BCUT2D eigenvalue weighted by atomic mass is 10.0. The maximum atomic E-state index is 12.3. The molecule has 28 heavy (non-hydrogen) atoms. The van der Waals surface area contributed by atoms with Gasteiger partial charge in [0.05, 0.1) is 13.0 Å². The topological polar surface area (TPSA) is 99.9 Å². The Morgan fingerprint density at radius 3 is 2.21 bits per heavy atom. The molecule has 1 atom stereocenters. The second-order valence-electron chi connectivity index (χ2n) is 8.64. The molecular formula is C21H34N2O5. The minimum atomic E-state index is -0.645. The number of carbonyl (C=O) groups is 2. The molecule has 7 nitrogen and oxygen atoms in total. The molecule has 0 spiro atoms. The zero-order chi connectivity index (χ0) is 21.5. The van der Waals surface area contributed by atoms with Gasteiger partial charge in [0.2, 0.25) is 0 Å². The predicted molar refractivity (Wildman–Crippen MR) is 109 cm³/mol. The summed E-state index contributed by atoms with van der Waals surface area (Å²) in [4.78, 5) is 24.6. The summed E-state index contributed by atoms with van der Waals surface area (Å²) in [5.74, 6) is 0.257. The van der Waals surface area contributed by atoms with Crippen LogP contribution in [0.25, 0.3) is 0 Å². The zero-order valence-corrected chi connectivity index (χ0v) is 18.0. The number of anilines is 1. The Hall–Kier alpha value is -2.44. The molecule has 1 amide bonds. The first-order valence-electron chi connectivity index (χ1n) is 9.51. The third-order valence-electron chi connectivity index (χ3n) is 3.40. The van der Waals surface area contributed by atoms with E-state index in [1.807, 2.05) is 6.92 Å². The van der Waals surface area contributed by atoms with Gasteiger partial charge in [-0.15, -0.1) is 0 Å². The summed E-state index contributed by atoms with van der Waals surface area (Å²) >= 11 is 0. The molecule has 0 aliphatic rings. The fourth-order valence-electron chi connectivity index (χ4n) is 2.55. The molecule has 0 aliphatic carbocycles. The number of ether oxygens (including phenoxy) is 3. The van der Waals surface area contributed by atoms with Crippen molar-refractivity contribution in [1.29, 1.82) is 0 Å². The molecule has 3 N–H and O–H groups in total. The fourth-order valence-corrected chi connectivity index (χ4v) is 2.55. The Balaban J connectivity index is 3.01. The molecule has 0 fully saturated rings. The minimum absolute atomic E-state index is 0.00310. The van der Waals surface area contributed by atoms with Gasteiger partial charge in [0.15, 0.2) is 0 Å². The third kappa shape index (κ3) is 9.48. The van der Waals surface area contributed by atoms with Crippen molar-refractivity contribution < 1.29 is 23.8 Å². The van der Waals surface area contributed by atoms with Gasteiger partial charge in [-0.1, -0.05) is 0 Å². The molecule has 0 saturated carbocycles. The smallest absolute Gasteiger partial charge is 0.407 e. The van der Waals surface area contributed by atoms with Crippen molar-refractivity contribution in [2.24, 2.45) is 0 Å². The van der Waals surface area contributed by atoms with Gasteiger partial charge in [-0.3, -0.25) is 4.79 Å². The van der Waals surface area contributed by atoms with E-state index in [1.165, 1.54) is 0 Å². The first-order valence-corrected chi connectivity index (χ1v) is 9.51. The average Bonchev–Trinajstić information content (AvgIpc) is 2.45. The van der Waals surface area contributed by atoms with Crippen LogP contribution in [0.2, 0.25) is 0 Å². The predicted octanol–water partition coefficient (Wildman–Crippen LogP) is 3.84. The molecule has 0 aliphatic heterocycles. The van der Waals surface area contributed by atoms with Crippen molar-refractivity contribution in [1.82, 2.24) is 5.32 Å². The van der Waals surface area contributed by atoms with Gasteiger partial charge in [-0.25, -0.2) is 4.79 Å². The summed E-state index contributed by atoms with van der Waals surface area (Å²) in [6, 6.07) is 4.78. The van der Waals surface area contributed by atoms with Crippen molar-refractivity contribution in [3.63, 3.8) is 0 Å². The summed E-state index contributed by atoms with van der Waals surface area (Å²) in [6.07, 6.45) is -0.252. The maximum absolute atomic E-state index is 12.3. The summed E-state index contributed by atoms with van der Waals surface area (Å²) < 4.78 is 16.4. The van der Waals surface area contributed by atoms with Crippen molar-refractivity contribution in [3.8, 4) is 5.75 Å². The first-order chi connectivity index (χ1) is 12.8. The Labute approximate surface area is 167 Å². The van der Waals surface area contributed by atoms with E-state index in [1.54, 1.807) is 59.7 Å². The van der Waals surface area contributed by atoms with Gasteiger partial charge in [0, 0.05) is 11.7 Å². The molecule has 1 aromatic rings. The van der Waals surface area contributed by atoms with Crippen LogP contribution in [0, 0.1) is 0 Å². The highest BCUT2D eigenvalue weighted by molar-refractivity contribution is 5.73. The first kappa shape index (κ1) is 23.6. The summed E-state index contributed by atoms with van der Waals surface area (Å²) in [5.41, 5.74) is 6.03. The van der Waals surface area contributed by atoms with E-state index in [2.05, 4.69) is 5.32 Å². The Morgan fingerprint density at radius 2 is 1.68 bits per heavy atom. The zero-order valence-electron chi connectivity index (χ0n) is 18.0. The molecule has 0 aromatic heterocycles. The summed E-state index contributed by atoms with van der Waals surface area (Å²) in [5, 5.41) is 2.77. The quantitative estimate of drug-likeness (QED) is 0.538. The van der Waals surface area contributed by atoms with Gasteiger partial charge < -0.3 is 25.3 Å². The van der Waals surface area contributed by atoms with Gasteiger partial charge in [-0.2, -0.15) is 0 Å². The number of carbonyl (C=O) groups excluding carboxylic acids is 2. The number of nitrogen functional groups attached to an aromatic ring is 1. The Kier molecular flexibility index (Phi) is 8.14. The van der Waals surface area contributed by atoms with E-state index < -0.39 is 29.3 Å². The van der Waals surface area contributed by atoms with Gasteiger partial charge in [0.25, 0.3) is 0 Å². The van der Waals surface area contributed by atoms with Crippen LogP contribution in [0.3, 0.4) is 0 Å². The van der Waals surface area contributed by atoms with Crippen molar-refractivity contribution in [3.05, 3.63) is 23.8 Å². The summed E-state index contributed by atoms with van der Waals surface area (Å²) in [7, 11) is 0. The van der Waals surface area contributed by atoms with E-state index >= 15 is 0 Å². The Morgan fingerprint density at radius 1 is 1.07 bits per heavy atom. The lowest BCUT2D eigenvalue weighted by Crippen LogP contribution is -2.42. The standard InChI is InChI=1S/C21H34N2O5/c1-8-26-17-10-9-15(22)11-14(17)12-16(13-18(24)27-20(2,3)4)23-19(25)28-21(5,6)7/h9-11,16H,8,12-13,22H2,1-7H3,(H,23,25). The van der Waals surface area contributed by atoms with E-state index in [0.29, 0.717) is 24.5 Å². The SMILES string of the molecule is CCOc1ccc(N)cc1CC(CC(=O)OC(C)(C)C)NC(=O)OC(C)(C)C. The van der Waals surface area contributed by atoms with Crippen LogP contribution < -0.4 is 15.8 Å². The number of amides is 1. The normalized spacial score (nSPS) is 12.8. The minimum Gasteiger partial charge on any atom is -0.494 e. The van der Waals surface area contributed by atoms with Gasteiger partial charge >= 0.3 is 12.1 Å². The van der Waals surface area contributed by atoms with Gasteiger partial charge in [0.1, 0.15) is 17.0 Å². The number of esters is 1. The van der Waals surface area contributed by atoms with E-state index in [-0.39, 0.29) is 6.42 Å². The van der Waals surface area contributed by atoms with Crippen LogP contribution in [0.5, 0.6) is 5.75 Å². The Bertz CT molecular complexity index is 644. The van der Waals surface area contributed by atoms with Crippen LogP contribution in [-0.4, -0.2) is 35.9 Å². The second kappa shape index (κ2) is 9.66. The van der Waals surface area contributed by atoms with Crippen molar-refractivity contribution in [2.45, 2.75) is 78.6 Å². The van der Waals surface area contributed by atoms with Crippen LogP contribution in [-0.2, 0) is 20.7 Å². The summed E-state index contributed by atoms with van der Waals surface area (Å²) in [6.45, 7) is 13.1. The van der Waals surface area contributed by atoms with Crippen molar-refractivity contribution in [2.75, 3.05) is 12.3 Å². The van der Waals surface area contributed by atoms with Crippen LogP contribution in [0.15, 0.2) is 18.2 Å². The van der Waals surface area contributed by atoms with Gasteiger partial charge in [-0.05, 0) is 78.6 Å². The number of nitrogens with two attached hydrogens (primary N) is 1. The molecule has 1 aromatic carbocycles. The number of hydrogen-bond acceptors (Lipinski definition) is 6. The molecule has 0 radical (unpaired) electrons. The second-order valence-corrected chi connectivity index (χ2v) is 8.64. The van der Waals surface area contributed by atoms with Crippen LogP contribution in [0.1, 0.15) is 60.5 Å². The average molecular weight is 395 g/mol. The molecule has 1 unspecified atom stereocenters. The molecule has 0 saturated heterocycles. The maximum Gasteiger partial charge on any atom is 0.407 e. The third-order valence-corrected chi connectivity index (χ3v) is 3.40. The van der Waals surface area contributed by atoms with Crippen LogP contribution in [0.4, 0.5) is 10.5 Å². The molecule has 0 heterocycles. The lowest BCUT2D eigenvalue weighted by Gasteiger charge is -2.25. The number of hydrogen-bond donors (Lipinski definition) is 2. The highest BCUT2D eigenvalue weighted by Gasteiger charge is 2.25. The monoisotopic (exact) mass is 394 g/mol. The molecule has 1 rings (SSSR count).